The number of hydrogen-bond acceptors (Lipinski definition) is 4. The van der Waals surface area contributed by atoms with E-state index in [4.69, 9.17) is 20.0 Å². The van der Waals surface area contributed by atoms with Crippen molar-refractivity contribution in [2.45, 2.75) is 6.92 Å². The number of hydrogen-bond donors (Lipinski definition) is 0. The molecule has 0 spiro atoms. The number of benzene rings is 1. The van der Waals surface area contributed by atoms with Gasteiger partial charge in [0.1, 0.15) is 29.2 Å². The van der Waals surface area contributed by atoms with Gasteiger partial charge in [-0.1, -0.05) is 0 Å². The Morgan fingerprint density at radius 3 is 2.29 bits per heavy atom. The van der Waals surface area contributed by atoms with Crippen LogP contribution in [0.1, 0.15) is 11.1 Å². The molecule has 0 aliphatic heterocycles. The summed E-state index contributed by atoms with van der Waals surface area (Å²) in [4.78, 5) is 0. The fraction of sp³-hybridized carbons (Fsp3) is 0.231. The first-order valence-electron chi connectivity index (χ1n) is 4.91. The predicted octanol–water partition coefficient (Wildman–Crippen LogP) is 2.44. The SMILES string of the molecule is COc1ccc(C=C(C#N)C#N)c(OC)c1C. The molecule has 0 aliphatic carbocycles. The van der Waals surface area contributed by atoms with Crippen LogP contribution in [0.2, 0.25) is 0 Å². The van der Waals surface area contributed by atoms with Gasteiger partial charge in [0.25, 0.3) is 0 Å². The molecule has 0 radical (unpaired) electrons. The topological polar surface area (TPSA) is 66.0 Å². The Labute approximate surface area is 100 Å². The van der Waals surface area contributed by atoms with Gasteiger partial charge in [-0.05, 0) is 25.1 Å². The lowest BCUT2D eigenvalue weighted by atomic mass is 10.1. The Balaban J connectivity index is 3.38. The molecule has 0 N–H and O–H groups in total. The van der Waals surface area contributed by atoms with Crippen LogP contribution in [-0.2, 0) is 0 Å². The summed E-state index contributed by atoms with van der Waals surface area (Å²) in [6, 6.07) is 7.15. The number of nitriles is 2. The van der Waals surface area contributed by atoms with Gasteiger partial charge in [-0.25, -0.2) is 0 Å². The summed E-state index contributed by atoms with van der Waals surface area (Å²) in [7, 11) is 3.12. The van der Waals surface area contributed by atoms with Gasteiger partial charge in [-0.15, -0.1) is 0 Å². The molecular weight excluding hydrogens is 216 g/mol. The molecule has 1 aromatic rings. The van der Waals surface area contributed by atoms with Gasteiger partial charge < -0.3 is 9.47 Å². The monoisotopic (exact) mass is 228 g/mol. The summed E-state index contributed by atoms with van der Waals surface area (Å²) in [5.74, 6) is 1.31. The second-order valence-electron chi connectivity index (χ2n) is 3.30. The molecule has 0 aromatic heterocycles. The summed E-state index contributed by atoms with van der Waals surface area (Å²) in [5, 5.41) is 17.4. The van der Waals surface area contributed by atoms with E-state index in [-0.39, 0.29) is 5.57 Å². The normalized spacial score (nSPS) is 8.76. The Bertz CT molecular complexity index is 518. The van der Waals surface area contributed by atoms with Crippen molar-refractivity contribution >= 4 is 6.08 Å². The largest absolute Gasteiger partial charge is 0.496 e. The molecule has 0 unspecified atom stereocenters. The summed E-state index contributed by atoms with van der Waals surface area (Å²) < 4.78 is 10.4. The second-order valence-corrected chi connectivity index (χ2v) is 3.30. The molecule has 1 aromatic carbocycles. The van der Waals surface area contributed by atoms with Gasteiger partial charge >= 0.3 is 0 Å². The summed E-state index contributed by atoms with van der Waals surface area (Å²) in [6.45, 7) is 1.85. The molecule has 0 atom stereocenters. The molecular formula is C13H12N2O2. The van der Waals surface area contributed by atoms with Crippen molar-refractivity contribution in [1.82, 2.24) is 0 Å². The minimum atomic E-state index is 0.0351. The van der Waals surface area contributed by atoms with E-state index in [1.54, 1.807) is 19.2 Å². The molecule has 0 aliphatic rings. The highest BCUT2D eigenvalue weighted by atomic mass is 16.5. The molecule has 4 heteroatoms. The minimum Gasteiger partial charge on any atom is -0.496 e. The number of allylic oxidation sites excluding steroid dienone is 1. The summed E-state index contributed by atoms with van der Waals surface area (Å²) in [6.07, 6.45) is 1.49. The van der Waals surface area contributed by atoms with Crippen molar-refractivity contribution in [3.63, 3.8) is 0 Å². The van der Waals surface area contributed by atoms with Crippen molar-refractivity contribution in [1.29, 1.82) is 10.5 Å². The zero-order chi connectivity index (χ0) is 12.8. The predicted molar refractivity (Wildman–Crippen MR) is 63.5 cm³/mol. The highest BCUT2D eigenvalue weighted by Gasteiger charge is 2.10. The molecule has 4 nitrogen and oxygen atoms in total. The first-order chi connectivity index (χ1) is 8.17. The smallest absolute Gasteiger partial charge is 0.132 e. The number of ether oxygens (including phenoxy) is 2. The third-order valence-corrected chi connectivity index (χ3v) is 2.35. The van der Waals surface area contributed by atoms with Gasteiger partial charge in [0, 0.05) is 11.1 Å². The van der Waals surface area contributed by atoms with Crippen LogP contribution < -0.4 is 9.47 Å². The third kappa shape index (κ3) is 2.56. The van der Waals surface area contributed by atoms with Crippen LogP contribution in [0.3, 0.4) is 0 Å². The molecule has 0 amide bonds. The van der Waals surface area contributed by atoms with E-state index >= 15 is 0 Å². The number of rotatable bonds is 3. The molecule has 0 fully saturated rings. The Hall–Kier alpha value is -2.46. The van der Waals surface area contributed by atoms with E-state index in [9.17, 15) is 0 Å². The van der Waals surface area contributed by atoms with Crippen molar-refractivity contribution in [3.05, 3.63) is 28.8 Å². The van der Waals surface area contributed by atoms with E-state index in [0.29, 0.717) is 17.1 Å². The average Bonchev–Trinajstić information content (AvgIpc) is 2.36. The highest BCUT2D eigenvalue weighted by Crippen LogP contribution is 2.32. The Morgan fingerprint density at radius 1 is 1.18 bits per heavy atom. The van der Waals surface area contributed by atoms with Gasteiger partial charge in [0.05, 0.1) is 14.2 Å². The summed E-state index contributed by atoms with van der Waals surface area (Å²) in [5.41, 5.74) is 1.55. The molecule has 1 rings (SSSR count). The zero-order valence-corrected chi connectivity index (χ0v) is 9.94. The van der Waals surface area contributed by atoms with E-state index in [1.165, 1.54) is 13.2 Å². The maximum Gasteiger partial charge on any atom is 0.132 e. The van der Waals surface area contributed by atoms with Crippen LogP contribution in [0.5, 0.6) is 11.5 Å². The van der Waals surface area contributed by atoms with Gasteiger partial charge in [-0.3, -0.25) is 0 Å². The highest BCUT2D eigenvalue weighted by molar-refractivity contribution is 5.69. The van der Waals surface area contributed by atoms with Crippen LogP contribution >= 0.6 is 0 Å². The third-order valence-electron chi connectivity index (χ3n) is 2.35. The van der Waals surface area contributed by atoms with Crippen LogP contribution in [-0.4, -0.2) is 14.2 Å². The molecule has 0 bridgehead atoms. The first kappa shape index (κ1) is 12.6. The average molecular weight is 228 g/mol. The molecule has 86 valence electrons. The molecule has 0 heterocycles. The van der Waals surface area contributed by atoms with Crippen molar-refractivity contribution in [3.8, 4) is 23.6 Å². The first-order valence-corrected chi connectivity index (χ1v) is 4.91. The maximum atomic E-state index is 8.71. The van der Waals surface area contributed by atoms with Gasteiger partial charge in [0.2, 0.25) is 0 Å². The van der Waals surface area contributed by atoms with Crippen LogP contribution in [0.15, 0.2) is 17.7 Å². The van der Waals surface area contributed by atoms with Crippen LogP contribution in [0, 0.1) is 29.6 Å². The minimum absolute atomic E-state index is 0.0351. The van der Waals surface area contributed by atoms with E-state index < -0.39 is 0 Å². The Morgan fingerprint density at radius 2 is 1.82 bits per heavy atom. The Kier molecular flexibility index (Phi) is 4.14. The standard InChI is InChI=1S/C13H12N2O2/c1-9-12(16-2)5-4-11(13(9)17-3)6-10(7-14)8-15/h4-6H,1-3H3. The van der Waals surface area contributed by atoms with Crippen molar-refractivity contribution in [2.75, 3.05) is 14.2 Å². The lowest BCUT2D eigenvalue weighted by Gasteiger charge is -2.12. The van der Waals surface area contributed by atoms with E-state index in [0.717, 1.165) is 5.56 Å². The molecule has 17 heavy (non-hydrogen) atoms. The molecule has 0 saturated carbocycles. The summed E-state index contributed by atoms with van der Waals surface area (Å²) >= 11 is 0. The quantitative estimate of drug-likeness (QED) is 0.745. The fourth-order valence-corrected chi connectivity index (χ4v) is 1.55. The van der Waals surface area contributed by atoms with E-state index in [2.05, 4.69) is 0 Å². The molecule has 0 saturated heterocycles. The van der Waals surface area contributed by atoms with Crippen LogP contribution in [0.4, 0.5) is 0 Å². The van der Waals surface area contributed by atoms with E-state index in [1.807, 2.05) is 19.1 Å². The number of methoxy groups -OCH3 is 2. The lowest BCUT2D eigenvalue weighted by Crippen LogP contribution is -1.95. The number of nitrogens with zero attached hydrogens (tertiary/aromatic N) is 2. The maximum absolute atomic E-state index is 8.71. The van der Waals surface area contributed by atoms with Crippen molar-refractivity contribution in [2.24, 2.45) is 0 Å². The van der Waals surface area contributed by atoms with Gasteiger partial charge in [0.15, 0.2) is 0 Å². The fourth-order valence-electron chi connectivity index (χ4n) is 1.55. The second kappa shape index (κ2) is 5.58. The lowest BCUT2D eigenvalue weighted by molar-refractivity contribution is 0.388. The van der Waals surface area contributed by atoms with Crippen molar-refractivity contribution < 1.29 is 9.47 Å². The van der Waals surface area contributed by atoms with Crippen LogP contribution in [0.25, 0.3) is 6.08 Å². The van der Waals surface area contributed by atoms with Gasteiger partial charge in [-0.2, -0.15) is 10.5 Å². The zero-order valence-electron chi connectivity index (χ0n) is 9.94.